The van der Waals surface area contributed by atoms with Crippen molar-refractivity contribution in [1.82, 2.24) is 5.32 Å². The van der Waals surface area contributed by atoms with Gasteiger partial charge in [-0.25, -0.2) is 0 Å². The van der Waals surface area contributed by atoms with Gasteiger partial charge in [-0.3, -0.25) is 0 Å². The summed E-state index contributed by atoms with van der Waals surface area (Å²) in [6.45, 7) is 2.70. The Morgan fingerprint density at radius 2 is 1.69 bits per heavy atom. The fraction of sp³-hybridized carbons (Fsp3) is 0.900. The molecule has 0 aromatic heterocycles. The standard InChI is InChI=1S/C10H21N3/c11-7-4-2-1-3-5-9-13-10-6-8-12/h13H,1-7,9-11H2. The minimum absolute atomic E-state index is 0.618. The predicted octanol–water partition coefficient (Wildman–Crippen LogP) is 1.40. The number of unbranched alkanes of at least 4 members (excludes halogenated alkanes) is 4. The second kappa shape index (κ2) is 11.4. The first-order valence-corrected chi connectivity index (χ1v) is 5.19. The first-order valence-electron chi connectivity index (χ1n) is 5.19. The van der Waals surface area contributed by atoms with Gasteiger partial charge < -0.3 is 11.1 Å². The number of hydrogen-bond acceptors (Lipinski definition) is 3. The van der Waals surface area contributed by atoms with E-state index in [1.807, 2.05) is 0 Å². The van der Waals surface area contributed by atoms with Crippen molar-refractivity contribution in [2.75, 3.05) is 19.6 Å². The van der Waals surface area contributed by atoms with Gasteiger partial charge in [-0.2, -0.15) is 5.26 Å². The Morgan fingerprint density at radius 1 is 1.00 bits per heavy atom. The number of rotatable bonds is 9. The first kappa shape index (κ1) is 12.4. The molecule has 0 bridgehead atoms. The van der Waals surface area contributed by atoms with E-state index < -0.39 is 0 Å². The Kier molecular flexibility index (Phi) is 10.9. The van der Waals surface area contributed by atoms with Crippen LogP contribution in [-0.2, 0) is 0 Å². The van der Waals surface area contributed by atoms with Gasteiger partial charge in [0.05, 0.1) is 6.07 Å². The van der Waals surface area contributed by atoms with Gasteiger partial charge in [0.15, 0.2) is 0 Å². The van der Waals surface area contributed by atoms with E-state index in [9.17, 15) is 0 Å². The molecule has 0 heterocycles. The lowest BCUT2D eigenvalue weighted by Gasteiger charge is -2.01. The van der Waals surface area contributed by atoms with Crippen molar-refractivity contribution in [1.29, 1.82) is 5.26 Å². The van der Waals surface area contributed by atoms with Crippen LogP contribution < -0.4 is 11.1 Å². The van der Waals surface area contributed by atoms with Gasteiger partial charge in [0.25, 0.3) is 0 Å². The summed E-state index contributed by atoms with van der Waals surface area (Å²) in [7, 11) is 0. The first-order chi connectivity index (χ1) is 6.41. The Hall–Kier alpha value is -0.590. The summed E-state index contributed by atoms with van der Waals surface area (Å²) >= 11 is 0. The van der Waals surface area contributed by atoms with Crippen LogP contribution in [0, 0.1) is 11.3 Å². The molecule has 76 valence electrons. The number of nitrogens with zero attached hydrogens (tertiary/aromatic N) is 1. The van der Waals surface area contributed by atoms with Crippen molar-refractivity contribution in [3.8, 4) is 6.07 Å². The molecule has 0 aromatic carbocycles. The lowest BCUT2D eigenvalue weighted by molar-refractivity contribution is 0.581. The molecule has 3 heteroatoms. The van der Waals surface area contributed by atoms with Crippen molar-refractivity contribution >= 4 is 0 Å². The fourth-order valence-corrected chi connectivity index (χ4v) is 1.19. The molecule has 3 nitrogen and oxygen atoms in total. The van der Waals surface area contributed by atoms with Gasteiger partial charge in [0, 0.05) is 13.0 Å². The largest absolute Gasteiger partial charge is 0.330 e. The molecule has 0 saturated carbocycles. The molecule has 0 atom stereocenters. The topological polar surface area (TPSA) is 61.8 Å². The second-order valence-corrected chi connectivity index (χ2v) is 3.21. The van der Waals surface area contributed by atoms with E-state index in [0.29, 0.717) is 6.42 Å². The van der Waals surface area contributed by atoms with Gasteiger partial charge in [-0.1, -0.05) is 19.3 Å². The van der Waals surface area contributed by atoms with Crippen LogP contribution in [0.25, 0.3) is 0 Å². The summed E-state index contributed by atoms with van der Waals surface area (Å²) in [6, 6.07) is 2.11. The maximum atomic E-state index is 8.26. The van der Waals surface area contributed by atoms with Gasteiger partial charge in [0.2, 0.25) is 0 Å². The molecule has 13 heavy (non-hydrogen) atoms. The Balaban J connectivity index is 2.80. The summed E-state index contributed by atoms with van der Waals surface area (Å²) in [5.74, 6) is 0. The zero-order valence-electron chi connectivity index (χ0n) is 8.39. The van der Waals surface area contributed by atoms with Gasteiger partial charge in [-0.15, -0.1) is 0 Å². The van der Waals surface area contributed by atoms with E-state index in [-0.39, 0.29) is 0 Å². The molecule has 0 aromatic rings. The second-order valence-electron chi connectivity index (χ2n) is 3.21. The Bertz CT molecular complexity index is 129. The van der Waals surface area contributed by atoms with E-state index in [1.54, 1.807) is 0 Å². The van der Waals surface area contributed by atoms with E-state index in [0.717, 1.165) is 26.1 Å². The molecule has 0 aliphatic rings. The van der Waals surface area contributed by atoms with Crippen molar-refractivity contribution < 1.29 is 0 Å². The molecule has 0 rings (SSSR count). The highest BCUT2D eigenvalue weighted by Gasteiger charge is 1.89. The molecule has 0 spiro atoms. The maximum Gasteiger partial charge on any atom is 0.0635 e. The smallest absolute Gasteiger partial charge is 0.0635 e. The zero-order chi connectivity index (χ0) is 9.78. The average molecular weight is 183 g/mol. The van der Waals surface area contributed by atoms with Crippen LogP contribution in [0.1, 0.15) is 38.5 Å². The summed E-state index contributed by atoms with van der Waals surface area (Å²) in [5.41, 5.74) is 5.38. The lowest BCUT2D eigenvalue weighted by atomic mass is 10.1. The molecule has 3 N–H and O–H groups in total. The van der Waals surface area contributed by atoms with Crippen molar-refractivity contribution in [2.24, 2.45) is 5.73 Å². The summed E-state index contributed by atoms with van der Waals surface area (Å²) in [4.78, 5) is 0. The van der Waals surface area contributed by atoms with Crippen molar-refractivity contribution in [2.45, 2.75) is 38.5 Å². The van der Waals surface area contributed by atoms with Crippen LogP contribution in [0.15, 0.2) is 0 Å². The average Bonchev–Trinajstić information content (AvgIpc) is 2.16. The third-order valence-corrected chi connectivity index (χ3v) is 1.97. The van der Waals surface area contributed by atoms with Crippen LogP contribution >= 0.6 is 0 Å². The minimum atomic E-state index is 0.618. The van der Waals surface area contributed by atoms with Gasteiger partial charge in [-0.05, 0) is 25.9 Å². The fourth-order valence-electron chi connectivity index (χ4n) is 1.19. The Labute approximate surface area is 81.3 Å². The van der Waals surface area contributed by atoms with Crippen molar-refractivity contribution in [3.63, 3.8) is 0 Å². The van der Waals surface area contributed by atoms with E-state index >= 15 is 0 Å². The van der Waals surface area contributed by atoms with Gasteiger partial charge in [0.1, 0.15) is 0 Å². The van der Waals surface area contributed by atoms with Gasteiger partial charge >= 0.3 is 0 Å². The van der Waals surface area contributed by atoms with E-state index in [4.69, 9.17) is 11.0 Å². The third kappa shape index (κ3) is 11.4. The van der Waals surface area contributed by atoms with Crippen LogP contribution in [0.3, 0.4) is 0 Å². The highest BCUT2D eigenvalue weighted by atomic mass is 14.8. The molecule has 0 amide bonds. The third-order valence-electron chi connectivity index (χ3n) is 1.97. The number of nitrogens with two attached hydrogens (primary N) is 1. The normalized spacial score (nSPS) is 9.85. The minimum Gasteiger partial charge on any atom is -0.330 e. The molecular weight excluding hydrogens is 162 g/mol. The maximum absolute atomic E-state index is 8.26. The molecular formula is C10H21N3. The number of hydrogen-bond donors (Lipinski definition) is 2. The summed E-state index contributed by atoms with van der Waals surface area (Å²) in [5, 5.41) is 11.5. The molecule has 0 aliphatic heterocycles. The summed E-state index contributed by atoms with van der Waals surface area (Å²) < 4.78 is 0. The van der Waals surface area contributed by atoms with Crippen LogP contribution in [0.4, 0.5) is 0 Å². The quantitative estimate of drug-likeness (QED) is 0.531. The van der Waals surface area contributed by atoms with Crippen LogP contribution in [0.2, 0.25) is 0 Å². The molecule has 0 saturated heterocycles. The zero-order valence-corrected chi connectivity index (χ0v) is 8.39. The monoisotopic (exact) mass is 183 g/mol. The van der Waals surface area contributed by atoms with E-state index in [2.05, 4.69) is 11.4 Å². The lowest BCUT2D eigenvalue weighted by Crippen LogP contribution is -2.16. The number of nitriles is 1. The van der Waals surface area contributed by atoms with Crippen molar-refractivity contribution in [3.05, 3.63) is 0 Å². The molecule has 0 unspecified atom stereocenters. The number of nitrogens with one attached hydrogen (secondary N) is 1. The highest BCUT2D eigenvalue weighted by Crippen LogP contribution is 2.00. The SMILES string of the molecule is N#CCCNCCCCCCCN. The molecule has 0 fully saturated rings. The predicted molar refractivity (Wildman–Crippen MR) is 55.2 cm³/mol. The molecule has 0 aliphatic carbocycles. The molecule has 0 radical (unpaired) electrons. The van der Waals surface area contributed by atoms with Crippen LogP contribution in [-0.4, -0.2) is 19.6 Å². The Morgan fingerprint density at radius 3 is 2.38 bits per heavy atom. The highest BCUT2D eigenvalue weighted by molar-refractivity contribution is 4.69. The van der Waals surface area contributed by atoms with Crippen LogP contribution in [0.5, 0.6) is 0 Å². The summed E-state index contributed by atoms with van der Waals surface area (Å²) in [6.07, 6.45) is 6.82. The van der Waals surface area contributed by atoms with E-state index in [1.165, 1.54) is 25.7 Å².